The highest BCUT2D eigenvalue weighted by Crippen LogP contribution is 2.26. The zero-order chi connectivity index (χ0) is 19.3. The topological polar surface area (TPSA) is 66.4 Å². The SMILES string of the molecule is COc1ccccc1Nc1nncc(N2CCN(c3cccc(C)c3)CC2)n1. The number of aryl methyl sites for hydroxylation is 1. The van der Waals surface area contributed by atoms with Crippen molar-refractivity contribution in [1.82, 2.24) is 15.2 Å². The van der Waals surface area contributed by atoms with Gasteiger partial charge in [0, 0.05) is 31.9 Å². The number of nitrogens with zero attached hydrogens (tertiary/aromatic N) is 5. The van der Waals surface area contributed by atoms with Gasteiger partial charge in [0.25, 0.3) is 0 Å². The molecule has 1 N–H and O–H groups in total. The predicted octanol–water partition coefficient (Wildman–Crippen LogP) is 3.26. The first-order chi connectivity index (χ1) is 13.7. The van der Waals surface area contributed by atoms with Crippen LogP contribution in [0, 0.1) is 6.92 Å². The van der Waals surface area contributed by atoms with E-state index in [9.17, 15) is 0 Å². The molecule has 3 aromatic rings. The fourth-order valence-electron chi connectivity index (χ4n) is 3.39. The highest BCUT2D eigenvalue weighted by Gasteiger charge is 2.19. The van der Waals surface area contributed by atoms with E-state index in [2.05, 4.69) is 61.5 Å². The van der Waals surface area contributed by atoms with Crippen molar-refractivity contribution in [1.29, 1.82) is 0 Å². The summed E-state index contributed by atoms with van der Waals surface area (Å²) in [4.78, 5) is 9.30. The number of ether oxygens (including phenoxy) is 1. The molecule has 2 heterocycles. The molecule has 0 atom stereocenters. The first kappa shape index (κ1) is 18.0. The van der Waals surface area contributed by atoms with E-state index in [0.717, 1.165) is 43.4 Å². The molecule has 1 saturated heterocycles. The standard InChI is InChI=1S/C21H24N6O/c1-16-6-5-7-17(14-16)26-10-12-27(13-11-26)20-15-22-25-21(24-20)23-18-8-3-4-9-19(18)28-2/h3-9,14-15H,10-13H2,1-2H3,(H,23,24,25). The molecule has 7 nitrogen and oxygen atoms in total. The average molecular weight is 376 g/mol. The minimum Gasteiger partial charge on any atom is -0.495 e. The van der Waals surface area contributed by atoms with Gasteiger partial charge in [-0.25, -0.2) is 0 Å². The molecule has 28 heavy (non-hydrogen) atoms. The fraction of sp³-hybridized carbons (Fsp3) is 0.286. The summed E-state index contributed by atoms with van der Waals surface area (Å²) in [5, 5.41) is 11.4. The molecule has 0 bridgehead atoms. The van der Waals surface area contributed by atoms with Gasteiger partial charge in [-0.2, -0.15) is 10.1 Å². The van der Waals surface area contributed by atoms with Gasteiger partial charge >= 0.3 is 0 Å². The maximum atomic E-state index is 5.37. The van der Waals surface area contributed by atoms with Gasteiger partial charge in [0.1, 0.15) is 5.75 Å². The summed E-state index contributed by atoms with van der Waals surface area (Å²) in [6, 6.07) is 16.3. The van der Waals surface area contributed by atoms with E-state index in [4.69, 9.17) is 4.74 Å². The molecule has 1 aliphatic heterocycles. The van der Waals surface area contributed by atoms with Crippen LogP contribution in [0.25, 0.3) is 0 Å². The van der Waals surface area contributed by atoms with Crippen LogP contribution in [0.5, 0.6) is 5.75 Å². The number of anilines is 4. The van der Waals surface area contributed by atoms with Gasteiger partial charge < -0.3 is 19.9 Å². The van der Waals surface area contributed by atoms with E-state index in [0.29, 0.717) is 5.95 Å². The van der Waals surface area contributed by atoms with Gasteiger partial charge in [0.15, 0.2) is 5.82 Å². The Morgan fingerprint density at radius 3 is 2.54 bits per heavy atom. The third-order valence-electron chi connectivity index (χ3n) is 4.87. The smallest absolute Gasteiger partial charge is 0.249 e. The van der Waals surface area contributed by atoms with Gasteiger partial charge in [-0.1, -0.05) is 24.3 Å². The van der Waals surface area contributed by atoms with Crippen LogP contribution < -0.4 is 19.9 Å². The number of para-hydroxylation sites is 2. The maximum absolute atomic E-state index is 5.37. The Hall–Kier alpha value is -3.35. The number of benzene rings is 2. The number of rotatable bonds is 5. The first-order valence-corrected chi connectivity index (χ1v) is 9.39. The molecule has 0 unspecified atom stereocenters. The summed E-state index contributed by atoms with van der Waals surface area (Å²) >= 11 is 0. The van der Waals surface area contributed by atoms with Crippen molar-refractivity contribution in [3.8, 4) is 5.75 Å². The van der Waals surface area contributed by atoms with Crippen molar-refractivity contribution in [2.75, 3.05) is 48.4 Å². The quantitative estimate of drug-likeness (QED) is 0.733. The van der Waals surface area contributed by atoms with Crippen molar-refractivity contribution < 1.29 is 4.74 Å². The molecular weight excluding hydrogens is 352 g/mol. The minimum absolute atomic E-state index is 0.461. The van der Waals surface area contributed by atoms with Crippen molar-refractivity contribution >= 4 is 23.1 Å². The predicted molar refractivity (Wildman–Crippen MR) is 112 cm³/mol. The van der Waals surface area contributed by atoms with Crippen LogP contribution in [0.15, 0.2) is 54.7 Å². The molecule has 0 saturated carbocycles. The largest absolute Gasteiger partial charge is 0.495 e. The Morgan fingerprint density at radius 2 is 1.75 bits per heavy atom. The lowest BCUT2D eigenvalue weighted by Gasteiger charge is -2.36. The van der Waals surface area contributed by atoms with Crippen LogP contribution in [0.2, 0.25) is 0 Å². The second-order valence-electron chi connectivity index (χ2n) is 6.78. The first-order valence-electron chi connectivity index (χ1n) is 9.39. The van der Waals surface area contributed by atoms with Crippen molar-refractivity contribution in [3.05, 3.63) is 60.3 Å². The average Bonchev–Trinajstić information content (AvgIpc) is 2.74. The molecule has 0 radical (unpaired) electrons. The van der Waals surface area contributed by atoms with Crippen LogP contribution in [-0.2, 0) is 0 Å². The zero-order valence-electron chi connectivity index (χ0n) is 16.2. The van der Waals surface area contributed by atoms with Gasteiger partial charge in [-0.05, 0) is 36.8 Å². The highest BCUT2D eigenvalue weighted by molar-refractivity contribution is 5.62. The second-order valence-corrected chi connectivity index (χ2v) is 6.78. The van der Waals surface area contributed by atoms with E-state index >= 15 is 0 Å². The van der Waals surface area contributed by atoms with Crippen LogP contribution >= 0.6 is 0 Å². The van der Waals surface area contributed by atoms with E-state index in [-0.39, 0.29) is 0 Å². The normalized spacial score (nSPS) is 14.1. The Kier molecular flexibility index (Phi) is 5.23. The Labute approximate surface area is 165 Å². The van der Waals surface area contributed by atoms with Gasteiger partial charge in [-0.3, -0.25) is 0 Å². The Balaban J connectivity index is 1.44. The van der Waals surface area contributed by atoms with E-state index in [1.165, 1.54) is 11.3 Å². The third-order valence-corrected chi connectivity index (χ3v) is 4.87. The molecule has 0 spiro atoms. The number of piperazine rings is 1. The molecule has 0 amide bonds. The molecule has 144 valence electrons. The fourth-order valence-corrected chi connectivity index (χ4v) is 3.39. The zero-order valence-corrected chi connectivity index (χ0v) is 16.2. The van der Waals surface area contributed by atoms with Gasteiger partial charge in [0.05, 0.1) is 19.0 Å². The van der Waals surface area contributed by atoms with Crippen molar-refractivity contribution in [2.45, 2.75) is 6.92 Å². The van der Waals surface area contributed by atoms with Crippen LogP contribution in [0.3, 0.4) is 0 Å². The summed E-state index contributed by atoms with van der Waals surface area (Å²) in [5.74, 6) is 2.03. The summed E-state index contributed by atoms with van der Waals surface area (Å²) in [7, 11) is 1.64. The number of nitrogens with one attached hydrogen (secondary N) is 1. The number of methoxy groups -OCH3 is 1. The van der Waals surface area contributed by atoms with Crippen LogP contribution in [-0.4, -0.2) is 48.5 Å². The lowest BCUT2D eigenvalue weighted by molar-refractivity contribution is 0.417. The molecule has 1 aromatic heterocycles. The van der Waals surface area contributed by atoms with Gasteiger partial charge in [0.2, 0.25) is 5.95 Å². The molecule has 4 rings (SSSR count). The van der Waals surface area contributed by atoms with Crippen molar-refractivity contribution in [2.24, 2.45) is 0 Å². The molecule has 0 aliphatic carbocycles. The lowest BCUT2D eigenvalue weighted by Crippen LogP contribution is -2.47. The van der Waals surface area contributed by atoms with E-state index in [1.54, 1.807) is 13.3 Å². The monoisotopic (exact) mass is 376 g/mol. The highest BCUT2D eigenvalue weighted by atomic mass is 16.5. The Morgan fingerprint density at radius 1 is 0.964 bits per heavy atom. The summed E-state index contributed by atoms with van der Waals surface area (Å²) in [5.41, 5.74) is 3.37. The molecule has 7 heteroatoms. The van der Waals surface area contributed by atoms with E-state index in [1.807, 2.05) is 24.3 Å². The number of hydrogen-bond donors (Lipinski definition) is 1. The molecular formula is C21H24N6O. The minimum atomic E-state index is 0.461. The Bertz CT molecular complexity index is 939. The molecule has 1 fully saturated rings. The number of aromatic nitrogens is 3. The van der Waals surface area contributed by atoms with Crippen LogP contribution in [0.4, 0.5) is 23.1 Å². The molecule has 1 aliphatic rings. The lowest BCUT2D eigenvalue weighted by atomic mass is 10.2. The summed E-state index contributed by atoms with van der Waals surface area (Å²) in [6.07, 6.45) is 1.72. The third kappa shape index (κ3) is 3.98. The van der Waals surface area contributed by atoms with Gasteiger partial charge in [-0.15, -0.1) is 5.10 Å². The second kappa shape index (κ2) is 8.12. The maximum Gasteiger partial charge on any atom is 0.249 e. The number of hydrogen-bond acceptors (Lipinski definition) is 7. The summed E-state index contributed by atoms with van der Waals surface area (Å²) in [6.45, 7) is 5.80. The van der Waals surface area contributed by atoms with E-state index < -0.39 is 0 Å². The van der Waals surface area contributed by atoms with Crippen LogP contribution in [0.1, 0.15) is 5.56 Å². The molecule has 2 aromatic carbocycles. The summed E-state index contributed by atoms with van der Waals surface area (Å²) < 4.78 is 5.37. The van der Waals surface area contributed by atoms with Crippen molar-refractivity contribution in [3.63, 3.8) is 0 Å².